The van der Waals surface area contributed by atoms with Crippen molar-refractivity contribution in [3.05, 3.63) is 59.7 Å². The lowest BCUT2D eigenvalue weighted by Gasteiger charge is -2.07. The summed E-state index contributed by atoms with van der Waals surface area (Å²) in [5, 5.41) is 11.4. The molecule has 1 amide bonds. The zero-order chi connectivity index (χ0) is 19.1. The van der Waals surface area contributed by atoms with Gasteiger partial charge in [-0.2, -0.15) is 0 Å². The van der Waals surface area contributed by atoms with Crippen molar-refractivity contribution < 1.29 is 14.3 Å². The van der Waals surface area contributed by atoms with E-state index < -0.39 is 0 Å². The highest BCUT2D eigenvalue weighted by molar-refractivity contribution is 8.01. The van der Waals surface area contributed by atoms with Crippen LogP contribution in [0.4, 0.5) is 5.13 Å². The minimum absolute atomic E-state index is 0.288. The first-order valence-corrected chi connectivity index (χ1v) is 10.0. The highest BCUT2D eigenvalue weighted by Crippen LogP contribution is 2.27. The van der Waals surface area contributed by atoms with Gasteiger partial charge in [-0.1, -0.05) is 53.4 Å². The molecule has 140 valence electrons. The zero-order valence-corrected chi connectivity index (χ0v) is 16.6. The molecular formula is C19H19N3O3S2. The van der Waals surface area contributed by atoms with Crippen LogP contribution in [0.3, 0.4) is 0 Å². The molecule has 0 bridgehead atoms. The number of benzene rings is 2. The number of nitrogens with one attached hydrogen (secondary N) is 1. The molecule has 0 aliphatic rings. The van der Waals surface area contributed by atoms with E-state index >= 15 is 0 Å². The fraction of sp³-hybridized carbons (Fsp3) is 0.211. The molecule has 0 fully saturated rings. The lowest BCUT2D eigenvalue weighted by molar-refractivity contribution is 0.102. The second-order valence-corrected chi connectivity index (χ2v) is 7.83. The molecule has 1 N–H and O–H groups in total. The van der Waals surface area contributed by atoms with Crippen LogP contribution in [0.1, 0.15) is 15.9 Å². The van der Waals surface area contributed by atoms with Gasteiger partial charge in [-0.3, -0.25) is 10.1 Å². The Morgan fingerprint density at radius 3 is 2.44 bits per heavy atom. The molecule has 0 saturated carbocycles. The van der Waals surface area contributed by atoms with Crippen molar-refractivity contribution in [2.45, 2.75) is 10.8 Å². The molecule has 0 aliphatic heterocycles. The molecule has 3 aromatic rings. The van der Waals surface area contributed by atoms with Crippen LogP contribution in [-0.2, 0) is 6.42 Å². The van der Waals surface area contributed by atoms with Crippen LogP contribution in [-0.4, -0.2) is 36.1 Å². The third-order valence-electron chi connectivity index (χ3n) is 3.70. The molecule has 0 unspecified atom stereocenters. The quantitative estimate of drug-likeness (QED) is 0.452. The first-order chi connectivity index (χ1) is 13.2. The van der Waals surface area contributed by atoms with E-state index in [0.717, 1.165) is 16.5 Å². The maximum atomic E-state index is 12.5. The largest absolute Gasteiger partial charge is 0.497 e. The Labute approximate surface area is 165 Å². The number of methoxy groups -OCH3 is 2. The minimum Gasteiger partial charge on any atom is -0.497 e. The van der Waals surface area contributed by atoms with Gasteiger partial charge in [-0.15, -0.1) is 10.2 Å². The third kappa shape index (κ3) is 5.45. The topological polar surface area (TPSA) is 73.3 Å². The molecule has 0 radical (unpaired) electrons. The van der Waals surface area contributed by atoms with Crippen LogP contribution >= 0.6 is 23.1 Å². The van der Waals surface area contributed by atoms with E-state index in [4.69, 9.17) is 9.47 Å². The van der Waals surface area contributed by atoms with Gasteiger partial charge in [0.15, 0.2) is 4.34 Å². The molecule has 27 heavy (non-hydrogen) atoms. The number of carbonyl (C=O) groups is 1. The smallest absolute Gasteiger partial charge is 0.257 e. The summed E-state index contributed by atoms with van der Waals surface area (Å²) >= 11 is 2.98. The molecule has 0 saturated heterocycles. The number of amides is 1. The SMILES string of the molecule is COc1cc(OC)cc(C(=O)Nc2nnc(SCCc3ccccc3)s2)c1. The Bertz CT molecular complexity index is 878. The Kier molecular flexibility index (Phi) is 6.67. The first kappa shape index (κ1) is 19.2. The van der Waals surface area contributed by atoms with Crippen molar-refractivity contribution in [2.24, 2.45) is 0 Å². The van der Waals surface area contributed by atoms with Gasteiger partial charge in [-0.25, -0.2) is 0 Å². The second kappa shape index (κ2) is 9.38. The summed E-state index contributed by atoms with van der Waals surface area (Å²) in [5.41, 5.74) is 1.72. The highest BCUT2D eigenvalue weighted by atomic mass is 32.2. The Balaban J connectivity index is 1.58. The summed E-state index contributed by atoms with van der Waals surface area (Å²) in [7, 11) is 3.08. The average molecular weight is 402 g/mol. The number of rotatable bonds is 8. The second-order valence-electron chi connectivity index (χ2n) is 5.51. The number of hydrogen-bond donors (Lipinski definition) is 1. The highest BCUT2D eigenvalue weighted by Gasteiger charge is 2.13. The number of nitrogens with zero attached hydrogens (tertiary/aromatic N) is 2. The molecule has 1 aromatic heterocycles. The monoisotopic (exact) mass is 401 g/mol. The number of aryl methyl sites for hydroxylation is 1. The molecule has 3 rings (SSSR count). The summed E-state index contributed by atoms with van der Waals surface area (Å²) < 4.78 is 11.2. The van der Waals surface area contributed by atoms with Crippen molar-refractivity contribution in [1.82, 2.24) is 10.2 Å². The number of thioether (sulfide) groups is 1. The van der Waals surface area contributed by atoms with Gasteiger partial charge in [-0.05, 0) is 24.1 Å². The first-order valence-electron chi connectivity index (χ1n) is 8.22. The molecule has 2 aromatic carbocycles. The fourth-order valence-electron chi connectivity index (χ4n) is 2.33. The van der Waals surface area contributed by atoms with Crippen molar-refractivity contribution in [1.29, 1.82) is 0 Å². The number of ether oxygens (including phenoxy) is 2. The van der Waals surface area contributed by atoms with Crippen LogP contribution < -0.4 is 14.8 Å². The lowest BCUT2D eigenvalue weighted by atomic mass is 10.2. The van der Waals surface area contributed by atoms with E-state index in [-0.39, 0.29) is 5.91 Å². The van der Waals surface area contributed by atoms with E-state index in [1.807, 2.05) is 18.2 Å². The van der Waals surface area contributed by atoms with E-state index in [2.05, 4.69) is 27.6 Å². The van der Waals surface area contributed by atoms with Crippen LogP contribution in [0.5, 0.6) is 11.5 Å². The van der Waals surface area contributed by atoms with E-state index in [1.165, 1.54) is 16.9 Å². The standard InChI is InChI=1S/C19H19N3O3S2/c1-24-15-10-14(11-16(12-15)25-2)17(23)20-18-21-22-19(27-18)26-9-8-13-6-4-3-5-7-13/h3-7,10-12H,8-9H2,1-2H3,(H,20,21,23). The molecule has 0 spiro atoms. The van der Waals surface area contributed by atoms with Gasteiger partial charge in [0.1, 0.15) is 11.5 Å². The Morgan fingerprint density at radius 2 is 1.78 bits per heavy atom. The number of anilines is 1. The van der Waals surface area contributed by atoms with Gasteiger partial charge in [0, 0.05) is 17.4 Å². The predicted octanol–water partition coefficient (Wildman–Crippen LogP) is 4.14. The van der Waals surface area contributed by atoms with Crippen LogP contribution in [0.2, 0.25) is 0 Å². The van der Waals surface area contributed by atoms with Gasteiger partial charge in [0.25, 0.3) is 5.91 Å². The summed E-state index contributed by atoms with van der Waals surface area (Å²) in [6.07, 6.45) is 0.955. The van der Waals surface area contributed by atoms with E-state index in [1.54, 1.807) is 44.2 Å². The average Bonchev–Trinajstić information content (AvgIpc) is 3.15. The predicted molar refractivity (Wildman–Crippen MR) is 108 cm³/mol. The number of aromatic nitrogens is 2. The normalized spacial score (nSPS) is 10.4. The van der Waals surface area contributed by atoms with Crippen molar-refractivity contribution >= 4 is 34.1 Å². The van der Waals surface area contributed by atoms with Gasteiger partial charge in [0.05, 0.1) is 14.2 Å². The summed E-state index contributed by atoms with van der Waals surface area (Å²) in [4.78, 5) is 12.5. The van der Waals surface area contributed by atoms with Gasteiger partial charge < -0.3 is 9.47 Å². The zero-order valence-electron chi connectivity index (χ0n) is 15.0. The van der Waals surface area contributed by atoms with Crippen molar-refractivity contribution in [2.75, 3.05) is 25.3 Å². The van der Waals surface area contributed by atoms with E-state index in [9.17, 15) is 4.79 Å². The third-order valence-corrected chi connectivity index (χ3v) is 5.67. The molecular weight excluding hydrogens is 382 g/mol. The molecule has 8 heteroatoms. The molecule has 0 atom stereocenters. The molecule has 6 nitrogen and oxygen atoms in total. The van der Waals surface area contributed by atoms with Crippen LogP contribution in [0, 0.1) is 0 Å². The van der Waals surface area contributed by atoms with Crippen molar-refractivity contribution in [3.8, 4) is 11.5 Å². The van der Waals surface area contributed by atoms with Crippen LogP contribution in [0.25, 0.3) is 0 Å². The summed E-state index contributed by atoms with van der Waals surface area (Å²) in [5.74, 6) is 1.71. The van der Waals surface area contributed by atoms with E-state index in [0.29, 0.717) is 22.2 Å². The maximum absolute atomic E-state index is 12.5. The summed E-state index contributed by atoms with van der Waals surface area (Å²) in [6.45, 7) is 0. The number of carbonyl (C=O) groups excluding carboxylic acids is 1. The Morgan fingerprint density at radius 1 is 1.07 bits per heavy atom. The van der Waals surface area contributed by atoms with Crippen LogP contribution in [0.15, 0.2) is 52.9 Å². The van der Waals surface area contributed by atoms with Gasteiger partial charge in [0.2, 0.25) is 5.13 Å². The minimum atomic E-state index is -0.288. The molecule has 0 aliphatic carbocycles. The lowest BCUT2D eigenvalue weighted by Crippen LogP contribution is -2.12. The van der Waals surface area contributed by atoms with Gasteiger partial charge >= 0.3 is 0 Å². The summed E-state index contributed by atoms with van der Waals surface area (Å²) in [6, 6.07) is 15.3. The molecule has 1 heterocycles. The fourth-order valence-corrected chi connectivity index (χ4v) is 4.13. The maximum Gasteiger partial charge on any atom is 0.257 e. The Hall–Kier alpha value is -2.58. The number of hydrogen-bond acceptors (Lipinski definition) is 7. The van der Waals surface area contributed by atoms with Crippen molar-refractivity contribution in [3.63, 3.8) is 0 Å².